The third-order valence-corrected chi connectivity index (χ3v) is 3.76. The van der Waals surface area contributed by atoms with Gasteiger partial charge in [-0.1, -0.05) is 0 Å². The van der Waals surface area contributed by atoms with Crippen LogP contribution in [-0.2, 0) is 0 Å². The van der Waals surface area contributed by atoms with Crippen LogP contribution in [0.2, 0.25) is 0 Å². The van der Waals surface area contributed by atoms with E-state index in [0.717, 1.165) is 36.3 Å². The maximum Gasteiger partial charge on any atom is 0.254 e. The summed E-state index contributed by atoms with van der Waals surface area (Å²) in [6.07, 6.45) is 1.85. The maximum absolute atomic E-state index is 12.5. The summed E-state index contributed by atoms with van der Waals surface area (Å²) in [5, 5.41) is 9.31. The molecule has 0 bridgehead atoms. The fourth-order valence-corrected chi connectivity index (χ4v) is 2.85. The second-order valence-electron chi connectivity index (χ2n) is 5.12. The second kappa shape index (κ2) is 5.61. The minimum absolute atomic E-state index is 0.00500. The average molecular weight is 263 g/mol. The van der Waals surface area contributed by atoms with Crippen molar-refractivity contribution in [1.82, 2.24) is 4.90 Å². The van der Waals surface area contributed by atoms with Crippen LogP contribution in [0.3, 0.4) is 0 Å². The van der Waals surface area contributed by atoms with E-state index in [4.69, 9.17) is 4.74 Å². The molecule has 1 N–H and O–H groups in total. The highest BCUT2D eigenvalue weighted by Crippen LogP contribution is 2.26. The van der Waals surface area contributed by atoms with Gasteiger partial charge in [0.05, 0.1) is 19.8 Å². The van der Waals surface area contributed by atoms with E-state index >= 15 is 0 Å². The van der Waals surface area contributed by atoms with Gasteiger partial charge in [-0.05, 0) is 49.9 Å². The van der Waals surface area contributed by atoms with E-state index in [2.05, 4.69) is 0 Å². The Bertz CT molecular complexity index is 461. The van der Waals surface area contributed by atoms with Crippen molar-refractivity contribution in [1.29, 1.82) is 0 Å². The molecule has 104 valence electrons. The SMILES string of the molecule is COc1c(C)cc(C(=O)N2CCCC2CO)cc1C. The summed E-state index contributed by atoms with van der Waals surface area (Å²) < 4.78 is 5.31. The molecule has 4 heteroatoms. The van der Waals surface area contributed by atoms with Crippen molar-refractivity contribution in [3.05, 3.63) is 28.8 Å². The zero-order valence-electron chi connectivity index (χ0n) is 11.8. The monoisotopic (exact) mass is 263 g/mol. The van der Waals surface area contributed by atoms with Gasteiger partial charge in [0.2, 0.25) is 0 Å². The van der Waals surface area contributed by atoms with Gasteiger partial charge in [0.15, 0.2) is 0 Å². The van der Waals surface area contributed by atoms with Crippen LogP contribution in [0.5, 0.6) is 5.75 Å². The highest BCUT2D eigenvalue weighted by Gasteiger charge is 2.29. The number of aryl methyl sites for hydroxylation is 2. The number of aliphatic hydroxyl groups excluding tert-OH is 1. The average Bonchev–Trinajstić information content (AvgIpc) is 2.85. The van der Waals surface area contributed by atoms with Crippen LogP contribution in [-0.4, -0.2) is 42.2 Å². The van der Waals surface area contributed by atoms with E-state index < -0.39 is 0 Å². The molecule has 1 unspecified atom stereocenters. The Morgan fingerprint density at radius 3 is 2.58 bits per heavy atom. The molecule has 1 aliphatic heterocycles. The second-order valence-corrected chi connectivity index (χ2v) is 5.12. The van der Waals surface area contributed by atoms with E-state index in [1.807, 2.05) is 26.0 Å². The smallest absolute Gasteiger partial charge is 0.254 e. The summed E-state index contributed by atoms with van der Waals surface area (Å²) in [7, 11) is 1.64. The Kier molecular flexibility index (Phi) is 4.10. The van der Waals surface area contributed by atoms with E-state index in [-0.39, 0.29) is 18.6 Å². The van der Waals surface area contributed by atoms with Crippen molar-refractivity contribution in [2.45, 2.75) is 32.7 Å². The summed E-state index contributed by atoms with van der Waals surface area (Å²) in [4.78, 5) is 14.3. The van der Waals surface area contributed by atoms with Crippen molar-refractivity contribution >= 4 is 5.91 Å². The molecule has 0 saturated carbocycles. The first-order valence-corrected chi connectivity index (χ1v) is 6.65. The number of amides is 1. The Balaban J connectivity index is 2.29. The summed E-state index contributed by atoms with van der Waals surface area (Å²) >= 11 is 0. The number of methoxy groups -OCH3 is 1. The molecular weight excluding hydrogens is 242 g/mol. The number of carbonyl (C=O) groups excluding carboxylic acids is 1. The number of hydrogen-bond donors (Lipinski definition) is 1. The first kappa shape index (κ1) is 13.9. The van der Waals surface area contributed by atoms with Crippen molar-refractivity contribution in [2.75, 3.05) is 20.3 Å². The third kappa shape index (κ3) is 2.59. The van der Waals surface area contributed by atoms with Gasteiger partial charge in [-0.25, -0.2) is 0 Å². The molecule has 1 heterocycles. The van der Waals surface area contributed by atoms with Crippen LogP contribution in [0, 0.1) is 13.8 Å². The number of aliphatic hydroxyl groups is 1. The van der Waals surface area contributed by atoms with E-state index in [9.17, 15) is 9.90 Å². The quantitative estimate of drug-likeness (QED) is 0.906. The molecular formula is C15H21NO3. The Labute approximate surface area is 114 Å². The van der Waals surface area contributed by atoms with Gasteiger partial charge >= 0.3 is 0 Å². The standard InChI is InChI=1S/C15H21NO3/c1-10-7-12(8-11(2)14(10)19-3)15(18)16-6-4-5-13(16)9-17/h7-8,13,17H,4-6,9H2,1-3H3. The first-order valence-electron chi connectivity index (χ1n) is 6.65. The Hall–Kier alpha value is -1.55. The third-order valence-electron chi connectivity index (χ3n) is 3.76. The molecule has 4 nitrogen and oxygen atoms in total. The predicted molar refractivity (Wildman–Crippen MR) is 73.6 cm³/mol. The van der Waals surface area contributed by atoms with Gasteiger partial charge in [0, 0.05) is 12.1 Å². The van der Waals surface area contributed by atoms with Crippen LogP contribution < -0.4 is 4.74 Å². The minimum Gasteiger partial charge on any atom is -0.496 e. The summed E-state index contributed by atoms with van der Waals surface area (Å²) in [5.41, 5.74) is 2.60. The first-order chi connectivity index (χ1) is 9.08. The van der Waals surface area contributed by atoms with E-state index in [1.54, 1.807) is 12.0 Å². The van der Waals surface area contributed by atoms with Crippen molar-refractivity contribution < 1.29 is 14.6 Å². The minimum atomic E-state index is -0.0322. The predicted octanol–water partition coefficient (Wildman–Crippen LogP) is 1.91. The van der Waals surface area contributed by atoms with Crippen LogP contribution in [0.15, 0.2) is 12.1 Å². The Morgan fingerprint density at radius 2 is 2.05 bits per heavy atom. The van der Waals surface area contributed by atoms with Gasteiger partial charge in [-0.15, -0.1) is 0 Å². The molecule has 0 aromatic heterocycles. The van der Waals surface area contributed by atoms with Crippen LogP contribution >= 0.6 is 0 Å². The fourth-order valence-electron chi connectivity index (χ4n) is 2.85. The van der Waals surface area contributed by atoms with Crippen molar-refractivity contribution in [3.63, 3.8) is 0 Å². The molecule has 1 aromatic carbocycles. The number of hydrogen-bond acceptors (Lipinski definition) is 3. The molecule has 1 aromatic rings. The van der Waals surface area contributed by atoms with Crippen LogP contribution in [0.4, 0.5) is 0 Å². The normalized spacial score (nSPS) is 18.7. The highest BCUT2D eigenvalue weighted by atomic mass is 16.5. The van der Waals surface area contributed by atoms with Gasteiger partial charge in [0.25, 0.3) is 5.91 Å². The molecule has 1 amide bonds. The van der Waals surface area contributed by atoms with E-state index in [1.165, 1.54) is 0 Å². The van der Waals surface area contributed by atoms with Gasteiger partial charge in [-0.2, -0.15) is 0 Å². The fraction of sp³-hybridized carbons (Fsp3) is 0.533. The zero-order chi connectivity index (χ0) is 14.0. The molecule has 2 rings (SSSR count). The number of carbonyl (C=O) groups is 1. The summed E-state index contributed by atoms with van der Waals surface area (Å²) in [5.74, 6) is 0.835. The largest absolute Gasteiger partial charge is 0.496 e. The van der Waals surface area contributed by atoms with Gasteiger partial charge < -0.3 is 14.7 Å². The van der Waals surface area contributed by atoms with E-state index in [0.29, 0.717) is 5.56 Å². The van der Waals surface area contributed by atoms with Crippen LogP contribution in [0.1, 0.15) is 34.3 Å². The molecule has 0 spiro atoms. The lowest BCUT2D eigenvalue weighted by atomic mass is 10.0. The molecule has 0 radical (unpaired) electrons. The topological polar surface area (TPSA) is 49.8 Å². The maximum atomic E-state index is 12.5. The lowest BCUT2D eigenvalue weighted by Crippen LogP contribution is -2.37. The molecule has 1 aliphatic rings. The number of benzene rings is 1. The van der Waals surface area contributed by atoms with Gasteiger partial charge in [-0.3, -0.25) is 4.79 Å². The summed E-state index contributed by atoms with van der Waals surface area (Å²) in [6, 6.07) is 3.69. The van der Waals surface area contributed by atoms with Gasteiger partial charge in [0.1, 0.15) is 5.75 Å². The molecule has 1 atom stereocenters. The molecule has 0 aliphatic carbocycles. The Morgan fingerprint density at radius 1 is 1.42 bits per heavy atom. The summed E-state index contributed by atoms with van der Waals surface area (Å²) in [6.45, 7) is 4.65. The molecule has 1 fully saturated rings. The molecule has 19 heavy (non-hydrogen) atoms. The number of nitrogens with zero attached hydrogens (tertiary/aromatic N) is 1. The van der Waals surface area contributed by atoms with Crippen molar-refractivity contribution in [2.24, 2.45) is 0 Å². The van der Waals surface area contributed by atoms with Crippen LogP contribution in [0.25, 0.3) is 0 Å². The number of rotatable bonds is 3. The zero-order valence-corrected chi connectivity index (χ0v) is 11.8. The van der Waals surface area contributed by atoms with Crippen molar-refractivity contribution in [3.8, 4) is 5.75 Å². The number of likely N-dealkylation sites (tertiary alicyclic amines) is 1. The lowest BCUT2D eigenvalue weighted by molar-refractivity contribution is 0.0677. The lowest BCUT2D eigenvalue weighted by Gasteiger charge is -2.23. The number of ether oxygens (including phenoxy) is 1. The molecule has 1 saturated heterocycles. The highest BCUT2D eigenvalue weighted by molar-refractivity contribution is 5.95.